The first kappa shape index (κ1) is 18.9. The molecule has 0 aliphatic carbocycles. The number of hydrogen-bond donors (Lipinski definition) is 1. The molecule has 0 bridgehead atoms. The molecule has 0 radical (unpaired) electrons. The number of aryl methyl sites for hydroxylation is 1. The van der Waals surface area contributed by atoms with Crippen LogP contribution in [0.3, 0.4) is 0 Å². The summed E-state index contributed by atoms with van der Waals surface area (Å²) in [6.45, 7) is 3.77. The van der Waals surface area contributed by atoms with Gasteiger partial charge in [-0.3, -0.25) is 24.6 Å². The Bertz CT molecular complexity index is 1110. The van der Waals surface area contributed by atoms with Crippen LogP contribution in [0.15, 0.2) is 48.5 Å². The molecule has 1 atom stereocenters. The Balaban J connectivity index is 1.59. The summed E-state index contributed by atoms with van der Waals surface area (Å²) in [5.74, 6) is -1.16. The van der Waals surface area contributed by atoms with E-state index in [2.05, 4.69) is 15.5 Å². The molecule has 146 valence electrons. The predicted octanol–water partition coefficient (Wildman–Crippen LogP) is 3.71. The highest BCUT2D eigenvalue weighted by Crippen LogP contribution is 2.32. The highest BCUT2D eigenvalue weighted by Gasteiger charge is 2.39. The molecule has 0 spiro atoms. The second-order valence-electron chi connectivity index (χ2n) is 6.64. The SMILES string of the molecule is CCc1nnc(NC(=O)c2ccc3c(c2)C(=O)N([C@H](C)c2ccccc2)C3=O)s1. The maximum atomic E-state index is 13.0. The second-order valence-corrected chi connectivity index (χ2v) is 7.70. The number of carbonyl (C=O) groups excluding carboxylic acids is 3. The number of nitrogens with zero attached hydrogens (tertiary/aromatic N) is 3. The Hall–Kier alpha value is -3.39. The van der Waals surface area contributed by atoms with Crippen molar-refractivity contribution < 1.29 is 14.4 Å². The third-order valence-corrected chi connectivity index (χ3v) is 5.82. The average Bonchev–Trinajstić information content (AvgIpc) is 3.30. The van der Waals surface area contributed by atoms with Crippen LogP contribution in [0, 0.1) is 0 Å². The summed E-state index contributed by atoms with van der Waals surface area (Å²) in [6, 6.07) is 13.5. The lowest BCUT2D eigenvalue weighted by Crippen LogP contribution is -2.32. The van der Waals surface area contributed by atoms with Crippen LogP contribution in [-0.2, 0) is 6.42 Å². The van der Waals surface area contributed by atoms with E-state index in [0.29, 0.717) is 10.7 Å². The van der Waals surface area contributed by atoms with Gasteiger partial charge in [-0.15, -0.1) is 10.2 Å². The van der Waals surface area contributed by atoms with E-state index >= 15 is 0 Å². The fourth-order valence-corrected chi connectivity index (χ4v) is 3.92. The van der Waals surface area contributed by atoms with Crippen molar-refractivity contribution in [3.8, 4) is 0 Å². The molecular formula is C21H18N4O3S. The lowest BCUT2D eigenvalue weighted by molar-refractivity contribution is 0.0595. The highest BCUT2D eigenvalue weighted by molar-refractivity contribution is 7.15. The molecule has 8 heteroatoms. The van der Waals surface area contributed by atoms with Crippen LogP contribution in [0.5, 0.6) is 0 Å². The molecule has 0 fully saturated rings. The van der Waals surface area contributed by atoms with Crippen LogP contribution in [0.1, 0.15) is 61.5 Å². The summed E-state index contributed by atoms with van der Waals surface area (Å²) in [5.41, 5.74) is 1.69. The number of fused-ring (bicyclic) bond motifs is 1. The van der Waals surface area contributed by atoms with E-state index in [4.69, 9.17) is 0 Å². The zero-order valence-corrected chi connectivity index (χ0v) is 16.7. The van der Waals surface area contributed by atoms with E-state index in [1.165, 1.54) is 34.4 Å². The van der Waals surface area contributed by atoms with Gasteiger partial charge in [0.25, 0.3) is 17.7 Å². The number of imide groups is 1. The summed E-state index contributed by atoms with van der Waals surface area (Å²) in [7, 11) is 0. The summed E-state index contributed by atoms with van der Waals surface area (Å²) in [5, 5.41) is 11.8. The van der Waals surface area contributed by atoms with Gasteiger partial charge in [0.15, 0.2) is 0 Å². The lowest BCUT2D eigenvalue weighted by atomic mass is 10.1. The number of benzene rings is 2. The normalized spacial score (nSPS) is 14.1. The molecule has 3 aromatic rings. The van der Waals surface area contributed by atoms with Crippen molar-refractivity contribution in [1.29, 1.82) is 0 Å². The molecule has 2 aromatic carbocycles. The molecule has 2 heterocycles. The molecule has 0 saturated carbocycles. The first-order valence-corrected chi connectivity index (χ1v) is 10.0. The van der Waals surface area contributed by atoms with Gasteiger partial charge in [-0.2, -0.15) is 0 Å². The van der Waals surface area contributed by atoms with Gasteiger partial charge in [-0.05, 0) is 37.1 Å². The molecule has 29 heavy (non-hydrogen) atoms. The number of carbonyl (C=O) groups is 3. The van der Waals surface area contributed by atoms with E-state index in [1.54, 1.807) is 0 Å². The number of hydrogen-bond acceptors (Lipinski definition) is 6. The van der Waals surface area contributed by atoms with Crippen molar-refractivity contribution in [1.82, 2.24) is 15.1 Å². The predicted molar refractivity (Wildman–Crippen MR) is 109 cm³/mol. The van der Waals surface area contributed by atoms with Crippen molar-refractivity contribution >= 4 is 34.2 Å². The molecule has 3 amide bonds. The Morgan fingerprint density at radius 1 is 1.07 bits per heavy atom. The number of aromatic nitrogens is 2. The van der Waals surface area contributed by atoms with Gasteiger partial charge in [0.05, 0.1) is 17.2 Å². The Kier molecular flexibility index (Phi) is 4.94. The van der Waals surface area contributed by atoms with Gasteiger partial charge in [0.2, 0.25) is 5.13 Å². The topological polar surface area (TPSA) is 92.3 Å². The summed E-state index contributed by atoms with van der Waals surface area (Å²) in [6.07, 6.45) is 0.735. The van der Waals surface area contributed by atoms with Crippen molar-refractivity contribution in [2.75, 3.05) is 5.32 Å². The minimum atomic E-state index is -0.408. The van der Waals surface area contributed by atoms with Crippen LogP contribution in [0.4, 0.5) is 5.13 Å². The molecule has 7 nitrogen and oxygen atoms in total. The minimum Gasteiger partial charge on any atom is -0.296 e. The van der Waals surface area contributed by atoms with Crippen LogP contribution < -0.4 is 5.32 Å². The molecule has 0 saturated heterocycles. The summed E-state index contributed by atoms with van der Waals surface area (Å²) in [4.78, 5) is 39.6. The average molecular weight is 406 g/mol. The van der Waals surface area contributed by atoms with Crippen molar-refractivity contribution in [2.45, 2.75) is 26.3 Å². The Morgan fingerprint density at radius 2 is 1.79 bits per heavy atom. The third kappa shape index (κ3) is 3.42. The quantitative estimate of drug-likeness (QED) is 0.652. The summed E-state index contributed by atoms with van der Waals surface area (Å²) < 4.78 is 0. The van der Waals surface area contributed by atoms with E-state index in [0.717, 1.165) is 17.0 Å². The maximum absolute atomic E-state index is 13.0. The molecule has 4 rings (SSSR count). The maximum Gasteiger partial charge on any atom is 0.262 e. The molecule has 1 aromatic heterocycles. The van der Waals surface area contributed by atoms with Crippen LogP contribution in [-0.4, -0.2) is 32.8 Å². The molecule has 0 unspecified atom stereocenters. The van der Waals surface area contributed by atoms with Gasteiger partial charge in [0.1, 0.15) is 5.01 Å². The van der Waals surface area contributed by atoms with E-state index < -0.39 is 17.9 Å². The monoisotopic (exact) mass is 406 g/mol. The first-order chi connectivity index (χ1) is 14.0. The Morgan fingerprint density at radius 3 is 2.48 bits per heavy atom. The smallest absolute Gasteiger partial charge is 0.262 e. The van der Waals surface area contributed by atoms with Crippen molar-refractivity contribution in [3.05, 3.63) is 75.8 Å². The zero-order chi connectivity index (χ0) is 20.5. The molecule has 1 aliphatic rings. The van der Waals surface area contributed by atoms with Crippen LogP contribution in [0.2, 0.25) is 0 Å². The van der Waals surface area contributed by atoms with Crippen molar-refractivity contribution in [2.24, 2.45) is 0 Å². The van der Waals surface area contributed by atoms with Gasteiger partial charge in [-0.1, -0.05) is 48.6 Å². The third-order valence-electron chi connectivity index (χ3n) is 4.84. The van der Waals surface area contributed by atoms with Crippen LogP contribution >= 0.6 is 11.3 Å². The number of rotatable bonds is 5. The zero-order valence-electron chi connectivity index (χ0n) is 15.9. The van der Waals surface area contributed by atoms with Crippen molar-refractivity contribution in [3.63, 3.8) is 0 Å². The van der Waals surface area contributed by atoms with E-state index in [-0.39, 0.29) is 17.0 Å². The van der Waals surface area contributed by atoms with Gasteiger partial charge < -0.3 is 0 Å². The van der Waals surface area contributed by atoms with Gasteiger partial charge >= 0.3 is 0 Å². The van der Waals surface area contributed by atoms with Gasteiger partial charge in [-0.25, -0.2) is 0 Å². The second kappa shape index (κ2) is 7.56. The van der Waals surface area contributed by atoms with Gasteiger partial charge in [0, 0.05) is 5.56 Å². The van der Waals surface area contributed by atoms with Crippen LogP contribution in [0.25, 0.3) is 0 Å². The molecule has 1 N–H and O–H groups in total. The minimum absolute atomic E-state index is 0.233. The Labute approximate surface area is 171 Å². The standard InChI is InChI=1S/C21H18N4O3S/c1-3-17-23-24-21(29-17)22-18(26)14-9-10-15-16(11-14)20(28)25(19(15)27)12(2)13-7-5-4-6-8-13/h4-12H,3H2,1-2H3,(H,22,24,26)/t12-/m1/s1. The summed E-state index contributed by atoms with van der Waals surface area (Å²) >= 11 is 1.30. The number of anilines is 1. The highest BCUT2D eigenvalue weighted by atomic mass is 32.1. The van der Waals surface area contributed by atoms with E-state index in [1.807, 2.05) is 44.2 Å². The first-order valence-electron chi connectivity index (χ1n) is 9.20. The fraction of sp³-hybridized carbons (Fsp3) is 0.190. The van der Waals surface area contributed by atoms with E-state index in [9.17, 15) is 14.4 Å². The fourth-order valence-electron chi connectivity index (χ4n) is 3.25. The number of amides is 3. The number of nitrogens with one attached hydrogen (secondary N) is 1. The largest absolute Gasteiger partial charge is 0.296 e. The lowest BCUT2D eigenvalue weighted by Gasteiger charge is -2.22. The molecular weight excluding hydrogens is 388 g/mol. The molecule has 1 aliphatic heterocycles.